The first-order valence-corrected chi connectivity index (χ1v) is 5.12. The molecule has 0 aromatic rings. The summed E-state index contributed by atoms with van der Waals surface area (Å²) < 4.78 is 0. The molecule has 1 unspecified atom stereocenters. The number of hydrogen-bond acceptors (Lipinski definition) is 1. The van der Waals surface area contributed by atoms with Gasteiger partial charge < -0.3 is 4.90 Å². The fourth-order valence-electron chi connectivity index (χ4n) is 2.28. The Kier molecular flexibility index (Phi) is 2.07. The molecule has 1 atom stereocenters. The maximum absolute atomic E-state index is 11.5. The van der Waals surface area contributed by atoms with E-state index in [2.05, 4.69) is 4.90 Å². The average Bonchev–Trinajstić information content (AvgIpc) is 2.83. The maximum Gasteiger partial charge on any atom is 0.222 e. The van der Waals surface area contributed by atoms with E-state index in [4.69, 9.17) is 0 Å². The van der Waals surface area contributed by atoms with Gasteiger partial charge in [0.05, 0.1) is 0 Å². The van der Waals surface area contributed by atoms with Gasteiger partial charge >= 0.3 is 0 Å². The lowest BCUT2D eigenvalue weighted by Gasteiger charge is -2.23. The second-order valence-corrected chi connectivity index (χ2v) is 3.99. The first-order chi connectivity index (χ1) is 5.83. The van der Waals surface area contributed by atoms with Gasteiger partial charge in [0.15, 0.2) is 0 Å². The van der Waals surface area contributed by atoms with Crippen LogP contribution in [-0.4, -0.2) is 23.4 Å². The smallest absolute Gasteiger partial charge is 0.222 e. The van der Waals surface area contributed by atoms with Gasteiger partial charge in [0, 0.05) is 19.0 Å². The molecule has 1 saturated heterocycles. The van der Waals surface area contributed by atoms with E-state index < -0.39 is 0 Å². The van der Waals surface area contributed by atoms with Crippen molar-refractivity contribution in [1.82, 2.24) is 4.90 Å². The number of rotatable bonds is 2. The number of amides is 1. The summed E-state index contributed by atoms with van der Waals surface area (Å²) in [4.78, 5) is 13.6. The van der Waals surface area contributed by atoms with E-state index in [1.165, 1.54) is 25.7 Å². The van der Waals surface area contributed by atoms with E-state index in [9.17, 15) is 4.79 Å². The van der Waals surface area contributed by atoms with Crippen molar-refractivity contribution in [2.75, 3.05) is 6.54 Å². The third-order valence-corrected chi connectivity index (χ3v) is 3.09. The van der Waals surface area contributed by atoms with Crippen molar-refractivity contribution in [2.24, 2.45) is 5.92 Å². The third kappa shape index (κ3) is 1.35. The summed E-state index contributed by atoms with van der Waals surface area (Å²) in [5.41, 5.74) is 0. The number of carbonyl (C=O) groups excluding carboxylic acids is 1. The Morgan fingerprint density at radius 1 is 1.42 bits per heavy atom. The molecule has 1 aliphatic heterocycles. The summed E-state index contributed by atoms with van der Waals surface area (Å²) in [5, 5.41) is 0. The molecule has 1 aliphatic carbocycles. The standard InChI is InChI=1S/C10H17NO/c1-2-10(12)11-7-3-4-9(11)8-5-6-8/h8-9H,2-7H2,1H3. The topological polar surface area (TPSA) is 20.3 Å². The molecule has 1 heterocycles. The van der Waals surface area contributed by atoms with Crippen LogP contribution in [0.25, 0.3) is 0 Å². The van der Waals surface area contributed by atoms with E-state index in [1.54, 1.807) is 0 Å². The van der Waals surface area contributed by atoms with Gasteiger partial charge in [-0.3, -0.25) is 4.79 Å². The highest BCUT2D eigenvalue weighted by atomic mass is 16.2. The van der Waals surface area contributed by atoms with Crippen LogP contribution in [0, 0.1) is 5.92 Å². The van der Waals surface area contributed by atoms with Crippen molar-refractivity contribution < 1.29 is 4.79 Å². The summed E-state index contributed by atoms with van der Waals surface area (Å²) in [6, 6.07) is 0.623. The van der Waals surface area contributed by atoms with Crippen molar-refractivity contribution in [3.63, 3.8) is 0 Å². The minimum absolute atomic E-state index is 0.365. The zero-order valence-electron chi connectivity index (χ0n) is 7.75. The lowest BCUT2D eigenvalue weighted by Crippen LogP contribution is -2.36. The molecule has 0 bridgehead atoms. The van der Waals surface area contributed by atoms with Crippen molar-refractivity contribution in [2.45, 2.75) is 45.1 Å². The Bertz CT molecular complexity index is 186. The van der Waals surface area contributed by atoms with Crippen LogP contribution in [0.2, 0.25) is 0 Å². The summed E-state index contributed by atoms with van der Waals surface area (Å²) >= 11 is 0. The molecule has 0 radical (unpaired) electrons. The third-order valence-electron chi connectivity index (χ3n) is 3.09. The lowest BCUT2D eigenvalue weighted by atomic mass is 10.1. The second kappa shape index (κ2) is 3.08. The van der Waals surface area contributed by atoms with Crippen molar-refractivity contribution in [3.8, 4) is 0 Å². The molecule has 2 heteroatoms. The SMILES string of the molecule is CCC(=O)N1CCCC1C1CC1. The average molecular weight is 167 g/mol. The summed E-state index contributed by atoms with van der Waals surface area (Å²) in [5.74, 6) is 1.23. The van der Waals surface area contributed by atoms with E-state index in [0.29, 0.717) is 18.4 Å². The largest absolute Gasteiger partial charge is 0.339 e. The van der Waals surface area contributed by atoms with Gasteiger partial charge in [0.25, 0.3) is 0 Å². The van der Waals surface area contributed by atoms with E-state index in [0.717, 1.165) is 12.5 Å². The van der Waals surface area contributed by atoms with Crippen molar-refractivity contribution >= 4 is 5.91 Å². The molecule has 2 aliphatic rings. The van der Waals surface area contributed by atoms with Gasteiger partial charge in [-0.1, -0.05) is 6.92 Å². The first kappa shape index (κ1) is 8.09. The monoisotopic (exact) mass is 167 g/mol. The molecule has 12 heavy (non-hydrogen) atoms. The highest BCUT2D eigenvalue weighted by Gasteiger charge is 2.39. The Balaban J connectivity index is 1.98. The predicted molar refractivity (Wildman–Crippen MR) is 47.8 cm³/mol. The van der Waals surface area contributed by atoms with Crippen LogP contribution < -0.4 is 0 Å². The molecule has 2 nitrogen and oxygen atoms in total. The summed E-state index contributed by atoms with van der Waals surface area (Å²) in [6.07, 6.45) is 5.89. The Morgan fingerprint density at radius 2 is 2.17 bits per heavy atom. The molecule has 68 valence electrons. The number of likely N-dealkylation sites (tertiary alicyclic amines) is 1. The molecule has 0 spiro atoms. The maximum atomic E-state index is 11.5. The fraction of sp³-hybridized carbons (Fsp3) is 0.900. The van der Waals surface area contributed by atoms with Crippen LogP contribution >= 0.6 is 0 Å². The van der Waals surface area contributed by atoms with Crippen LogP contribution in [0.1, 0.15) is 39.0 Å². The van der Waals surface area contributed by atoms with Crippen LogP contribution in [0.15, 0.2) is 0 Å². The first-order valence-electron chi connectivity index (χ1n) is 5.12. The van der Waals surface area contributed by atoms with Gasteiger partial charge in [-0.15, -0.1) is 0 Å². The summed E-state index contributed by atoms with van der Waals surface area (Å²) in [7, 11) is 0. The molecular formula is C10H17NO. The van der Waals surface area contributed by atoms with Crippen LogP contribution in [-0.2, 0) is 4.79 Å². The van der Waals surface area contributed by atoms with Crippen LogP contribution in [0.5, 0.6) is 0 Å². The number of hydrogen-bond donors (Lipinski definition) is 0. The van der Waals surface area contributed by atoms with Crippen molar-refractivity contribution in [1.29, 1.82) is 0 Å². The second-order valence-electron chi connectivity index (χ2n) is 3.99. The Hall–Kier alpha value is -0.530. The van der Waals surface area contributed by atoms with Gasteiger partial charge in [0.1, 0.15) is 0 Å². The molecule has 1 amide bonds. The fourth-order valence-corrected chi connectivity index (χ4v) is 2.28. The summed E-state index contributed by atoms with van der Waals surface area (Å²) in [6.45, 7) is 2.98. The van der Waals surface area contributed by atoms with Crippen LogP contribution in [0.4, 0.5) is 0 Å². The van der Waals surface area contributed by atoms with E-state index in [1.807, 2.05) is 6.92 Å². The van der Waals surface area contributed by atoms with Gasteiger partial charge in [-0.2, -0.15) is 0 Å². The van der Waals surface area contributed by atoms with Gasteiger partial charge in [-0.25, -0.2) is 0 Å². The van der Waals surface area contributed by atoms with E-state index >= 15 is 0 Å². The molecule has 0 aromatic carbocycles. The zero-order chi connectivity index (χ0) is 8.55. The van der Waals surface area contributed by atoms with Crippen LogP contribution in [0.3, 0.4) is 0 Å². The minimum Gasteiger partial charge on any atom is -0.339 e. The quantitative estimate of drug-likeness (QED) is 0.614. The zero-order valence-corrected chi connectivity index (χ0v) is 7.75. The molecule has 1 saturated carbocycles. The Morgan fingerprint density at radius 3 is 2.75 bits per heavy atom. The molecule has 2 fully saturated rings. The normalized spacial score (nSPS) is 29.4. The van der Waals surface area contributed by atoms with Gasteiger partial charge in [0.2, 0.25) is 5.91 Å². The van der Waals surface area contributed by atoms with Crippen molar-refractivity contribution in [3.05, 3.63) is 0 Å². The van der Waals surface area contributed by atoms with E-state index in [-0.39, 0.29) is 0 Å². The van der Waals surface area contributed by atoms with Gasteiger partial charge in [-0.05, 0) is 31.6 Å². The lowest BCUT2D eigenvalue weighted by molar-refractivity contribution is -0.132. The molecule has 0 N–H and O–H groups in total. The highest BCUT2D eigenvalue weighted by Crippen LogP contribution is 2.40. The minimum atomic E-state index is 0.365. The number of carbonyl (C=O) groups is 1. The molecule has 2 rings (SSSR count). The number of nitrogens with zero attached hydrogens (tertiary/aromatic N) is 1. The highest BCUT2D eigenvalue weighted by molar-refractivity contribution is 5.76. The Labute approximate surface area is 73.9 Å². The molecule has 0 aromatic heterocycles. The predicted octanol–water partition coefficient (Wildman–Crippen LogP) is 1.80. The molecular weight excluding hydrogens is 150 g/mol.